The first-order chi connectivity index (χ1) is 10.5. The minimum Gasteiger partial charge on any atom is -0.363 e. The van der Waals surface area contributed by atoms with Crippen molar-refractivity contribution in [3.05, 3.63) is 52.8 Å². The topological polar surface area (TPSA) is 41.9 Å². The van der Waals surface area contributed by atoms with Gasteiger partial charge in [-0.3, -0.25) is 4.68 Å². The Morgan fingerprint density at radius 1 is 1.14 bits per heavy atom. The van der Waals surface area contributed by atoms with Gasteiger partial charge in [-0.05, 0) is 51.0 Å². The molecule has 0 radical (unpaired) electrons. The van der Waals surface area contributed by atoms with Crippen molar-refractivity contribution in [3.63, 3.8) is 0 Å². The van der Waals surface area contributed by atoms with Crippen molar-refractivity contribution >= 4 is 17.3 Å². The van der Waals surface area contributed by atoms with E-state index in [2.05, 4.69) is 59.9 Å². The number of hydrogen-bond donors (Lipinski definition) is 2. The Morgan fingerprint density at radius 2 is 1.86 bits per heavy atom. The highest BCUT2D eigenvalue weighted by Crippen LogP contribution is 2.03. The molecule has 0 aliphatic heterocycles. The molecule has 0 unspecified atom stereocenters. The summed E-state index contributed by atoms with van der Waals surface area (Å²) in [6, 6.07) is 10.6. The fourth-order valence-electron chi connectivity index (χ4n) is 2.28. The van der Waals surface area contributed by atoms with E-state index < -0.39 is 0 Å². The standard InChI is InChI=1S/C17H24N4S/c1-13-5-7-16(8-6-13)12-19-17(22)18-9-4-10-21-15(3)11-14(2)20-21/h5-8,11H,4,9-10,12H2,1-3H3,(H2,18,19,22). The molecule has 1 aromatic heterocycles. The molecule has 1 aromatic carbocycles. The Labute approximate surface area is 137 Å². The SMILES string of the molecule is Cc1ccc(CNC(=S)NCCCn2nc(C)cc2C)cc1. The van der Waals surface area contributed by atoms with Crippen LogP contribution in [0.5, 0.6) is 0 Å². The molecule has 0 amide bonds. The molecule has 5 heteroatoms. The van der Waals surface area contributed by atoms with Crippen LogP contribution in [0.25, 0.3) is 0 Å². The van der Waals surface area contributed by atoms with E-state index in [1.54, 1.807) is 0 Å². The monoisotopic (exact) mass is 316 g/mol. The molecule has 2 aromatic rings. The second-order valence-corrected chi connectivity index (χ2v) is 6.01. The third-order valence-electron chi connectivity index (χ3n) is 3.51. The van der Waals surface area contributed by atoms with Crippen molar-refractivity contribution in [3.8, 4) is 0 Å². The first-order valence-electron chi connectivity index (χ1n) is 7.63. The van der Waals surface area contributed by atoms with Gasteiger partial charge in [-0.2, -0.15) is 5.10 Å². The molecule has 0 spiro atoms. The summed E-state index contributed by atoms with van der Waals surface area (Å²) in [6.45, 7) is 8.70. The number of nitrogens with one attached hydrogen (secondary N) is 2. The first kappa shape index (κ1) is 16.5. The highest BCUT2D eigenvalue weighted by Gasteiger charge is 2.01. The molecule has 1 heterocycles. The maximum atomic E-state index is 5.29. The first-order valence-corrected chi connectivity index (χ1v) is 8.04. The Bertz CT molecular complexity index is 616. The summed E-state index contributed by atoms with van der Waals surface area (Å²) < 4.78 is 2.04. The largest absolute Gasteiger partial charge is 0.363 e. The van der Waals surface area contributed by atoms with Gasteiger partial charge in [0.1, 0.15) is 0 Å². The molecule has 118 valence electrons. The highest BCUT2D eigenvalue weighted by molar-refractivity contribution is 7.80. The van der Waals surface area contributed by atoms with E-state index in [1.165, 1.54) is 16.8 Å². The Balaban J connectivity index is 1.63. The lowest BCUT2D eigenvalue weighted by molar-refractivity contribution is 0.556. The van der Waals surface area contributed by atoms with E-state index in [9.17, 15) is 0 Å². The van der Waals surface area contributed by atoms with Crippen LogP contribution < -0.4 is 10.6 Å². The number of rotatable bonds is 6. The molecule has 0 atom stereocenters. The summed E-state index contributed by atoms with van der Waals surface area (Å²) in [5, 5.41) is 11.6. The normalized spacial score (nSPS) is 10.5. The number of aryl methyl sites for hydroxylation is 4. The van der Waals surface area contributed by atoms with Gasteiger partial charge in [0.2, 0.25) is 0 Å². The predicted octanol–water partition coefficient (Wildman–Crippen LogP) is 2.86. The second-order valence-electron chi connectivity index (χ2n) is 5.60. The molecule has 0 bridgehead atoms. The Kier molecular flexibility index (Phi) is 5.95. The van der Waals surface area contributed by atoms with E-state index >= 15 is 0 Å². The van der Waals surface area contributed by atoms with Gasteiger partial charge in [0.15, 0.2) is 5.11 Å². The fourth-order valence-corrected chi connectivity index (χ4v) is 2.46. The van der Waals surface area contributed by atoms with E-state index in [0.717, 1.165) is 31.7 Å². The van der Waals surface area contributed by atoms with Crippen molar-refractivity contribution in [2.24, 2.45) is 0 Å². The summed E-state index contributed by atoms with van der Waals surface area (Å²) in [5.41, 5.74) is 4.78. The molecule has 2 rings (SSSR count). The van der Waals surface area contributed by atoms with Crippen LogP contribution in [0.3, 0.4) is 0 Å². The molecular formula is C17H24N4S. The summed E-state index contributed by atoms with van der Waals surface area (Å²) in [6.07, 6.45) is 0.994. The number of aromatic nitrogens is 2. The zero-order chi connectivity index (χ0) is 15.9. The molecule has 22 heavy (non-hydrogen) atoms. The quantitative estimate of drug-likeness (QED) is 0.635. The van der Waals surface area contributed by atoms with E-state index in [0.29, 0.717) is 5.11 Å². The van der Waals surface area contributed by atoms with Crippen molar-refractivity contribution in [2.75, 3.05) is 6.54 Å². The van der Waals surface area contributed by atoms with Crippen molar-refractivity contribution in [1.29, 1.82) is 0 Å². The molecule has 0 fully saturated rings. The smallest absolute Gasteiger partial charge is 0.166 e. The molecule has 2 N–H and O–H groups in total. The van der Waals surface area contributed by atoms with E-state index in [1.807, 2.05) is 11.6 Å². The van der Waals surface area contributed by atoms with Gasteiger partial charge < -0.3 is 10.6 Å². The van der Waals surface area contributed by atoms with Gasteiger partial charge >= 0.3 is 0 Å². The van der Waals surface area contributed by atoms with Gasteiger partial charge in [0.25, 0.3) is 0 Å². The minimum atomic E-state index is 0.703. The van der Waals surface area contributed by atoms with Crippen molar-refractivity contribution in [2.45, 2.75) is 40.3 Å². The summed E-state index contributed by atoms with van der Waals surface area (Å²) in [4.78, 5) is 0. The van der Waals surface area contributed by atoms with Crippen LogP contribution >= 0.6 is 12.2 Å². The van der Waals surface area contributed by atoms with Crippen LogP contribution in [-0.4, -0.2) is 21.4 Å². The predicted molar refractivity (Wildman–Crippen MR) is 94.9 cm³/mol. The number of nitrogens with zero attached hydrogens (tertiary/aromatic N) is 2. The van der Waals surface area contributed by atoms with Gasteiger partial charge in [-0.1, -0.05) is 29.8 Å². The fraction of sp³-hybridized carbons (Fsp3) is 0.412. The number of hydrogen-bond acceptors (Lipinski definition) is 2. The van der Waals surface area contributed by atoms with E-state index in [4.69, 9.17) is 12.2 Å². The van der Waals surface area contributed by atoms with Crippen LogP contribution in [0.2, 0.25) is 0 Å². The number of benzene rings is 1. The molecular weight excluding hydrogens is 292 g/mol. The van der Waals surface area contributed by atoms with Crippen LogP contribution in [-0.2, 0) is 13.1 Å². The summed E-state index contributed by atoms with van der Waals surface area (Å²) >= 11 is 5.29. The van der Waals surface area contributed by atoms with Crippen LogP contribution in [0.15, 0.2) is 30.3 Å². The van der Waals surface area contributed by atoms with E-state index in [-0.39, 0.29) is 0 Å². The lowest BCUT2D eigenvalue weighted by Crippen LogP contribution is -2.35. The molecule has 4 nitrogen and oxygen atoms in total. The summed E-state index contributed by atoms with van der Waals surface area (Å²) in [7, 11) is 0. The minimum absolute atomic E-state index is 0.703. The average Bonchev–Trinajstić information content (AvgIpc) is 2.81. The van der Waals surface area contributed by atoms with Crippen LogP contribution in [0, 0.1) is 20.8 Å². The lowest BCUT2D eigenvalue weighted by Gasteiger charge is -2.11. The highest BCUT2D eigenvalue weighted by atomic mass is 32.1. The van der Waals surface area contributed by atoms with Gasteiger partial charge in [-0.25, -0.2) is 0 Å². The summed E-state index contributed by atoms with van der Waals surface area (Å²) in [5.74, 6) is 0. The maximum absolute atomic E-state index is 5.29. The van der Waals surface area contributed by atoms with Gasteiger partial charge in [-0.15, -0.1) is 0 Å². The second kappa shape index (κ2) is 7.94. The van der Waals surface area contributed by atoms with Crippen LogP contribution in [0.4, 0.5) is 0 Å². The van der Waals surface area contributed by atoms with Crippen molar-refractivity contribution in [1.82, 2.24) is 20.4 Å². The number of thiocarbonyl (C=S) groups is 1. The average molecular weight is 316 g/mol. The third kappa shape index (κ3) is 5.15. The Morgan fingerprint density at radius 3 is 2.50 bits per heavy atom. The zero-order valence-corrected chi connectivity index (χ0v) is 14.3. The van der Waals surface area contributed by atoms with Crippen molar-refractivity contribution < 1.29 is 0 Å². The molecule has 0 saturated carbocycles. The van der Waals surface area contributed by atoms with Gasteiger partial charge in [0, 0.05) is 25.3 Å². The van der Waals surface area contributed by atoms with Gasteiger partial charge in [0.05, 0.1) is 5.69 Å². The third-order valence-corrected chi connectivity index (χ3v) is 3.80. The maximum Gasteiger partial charge on any atom is 0.166 e. The van der Waals surface area contributed by atoms with Crippen LogP contribution in [0.1, 0.15) is 28.9 Å². The zero-order valence-electron chi connectivity index (χ0n) is 13.5. The lowest BCUT2D eigenvalue weighted by atomic mass is 10.1. The molecule has 0 aliphatic carbocycles. The Hall–Kier alpha value is -1.88. The molecule has 0 saturated heterocycles. The molecule has 0 aliphatic rings.